The van der Waals surface area contributed by atoms with Crippen LogP contribution in [0.15, 0.2) is 29.2 Å². The Morgan fingerprint density at radius 1 is 1.04 bits per heavy atom. The van der Waals surface area contributed by atoms with Crippen molar-refractivity contribution in [2.45, 2.75) is 56.5 Å². The second kappa shape index (κ2) is 6.37. The SMILES string of the molecule is C[C@H]1CCC[C@H](C)N1S(=O)(=O)c1ccc(N2C(=O)CCS2(=O)=O)cc1. The summed E-state index contributed by atoms with van der Waals surface area (Å²) in [4.78, 5) is 11.9. The molecule has 2 aliphatic rings. The predicted octanol–water partition coefficient (Wildman–Crippen LogP) is 1.70. The Hall–Kier alpha value is -1.45. The van der Waals surface area contributed by atoms with Gasteiger partial charge in [0.1, 0.15) is 0 Å². The van der Waals surface area contributed by atoms with E-state index in [2.05, 4.69) is 0 Å². The average Bonchev–Trinajstić information content (AvgIpc) is 2.80. The maximum atomic E-state index is 13.0. The molecule has 25 heavy (non-hydrogen) atoms. The van der Waals surface area contributed by atoms with Crippen LogP contribution in [0.1, 0.15) is 39.5 Å². The molecule has 2 saturated heterocycles. The summed E-state index contributed by atoms with van der Waals surface area (Å²) < 4.78 is 52.1. The smallest absolute Gasteiger partial charge is 0.243 e. The van der Waals surface area contributed by atoms with Crippen molar-refractivity contribution in [2.24, 2.45) is 0 Å². The number of carbonyl (C=O) groups excluding carboxylic acids is 1. The van der Waals surface area contributed by atoms with Gasteiger partial charge in [0.25, 0.3) is 0 Å². The first-order chi connectivity index (χ1) is 11.6. The zero-order chi connectivity index (χ0) is 18.4. The summed E-state index contributed by atoms with van der Waals surface area (Å²) in [6.45, 7) is 3.80. The molecule has 0 unspecified atom stereocenters. The standard InChI is InChI=1S/C16H22N2O5S2/c1-12-4-3-5-13(2)17(12)25(22,23)15-8-6-14(7-9-15)18-16(19)10-11-24(18,20)21/h6-9,12-13H,3-5,10-11H2,1-2H3/t12-,13-/m0/s1. The van der Waals surface area contributed by atoms with Crippen molar-refractivity contribution in [3.05, 3.63) is 24.3 Å². The third-order valence-corrected chi connectivity index (χ3v) is 8.67. The molecule has 1 aromatic rings. The number of piperidine rings is 1. The molecule has 138 valence electrons. The molecule has 0 aromatic heterocycles. The van der Waals surface area contributed by atoms with Crippen molar-refractivity contribution < 1.29 is 21.6 Å². The van der Waals surface area contributed by atoms with E-state index in [-0.39, 0.29) is 34.8 Å². The molecule has 2 atom stereocenters. The largest absolute Gasteiger partial charge is 0.273 e. The van der Waals surface area contributed by atoms with Crippen LogP contribution >= 0.6 is 0 Å². The predicted molar refractivity (Wildman–Crippen MR) is 94.1 cm³/mol. The van der Waals surface area contributed by atoms with Gasteiger partial charge in [0.05, 0.1) is 16.3 Å². The van der Waals surface area contributed by atoms with Gasteiger partial charge in [0.2, 0.25) is 26.0 Å². The van der Waals surface area contributed by atoms with Crippen molar-refractivity contribution in [1.82, 2.24) is 4.31 Å². The lowest BCUT2D eigenvalue weighted by Crippen LogP contribution is -2.47. The highest BCUT2D eigenvalue weighted by molar-refractivity contribution is 7.94. The lowest BCUT2D eigenvalue weighted by molar-refractivity contribution is -0.116. The number of benzene rings is 1. The summed E-state index contributed by atoms with van der Waals surface area (Å²) in [6, 6.07) is 5.36. The summed E-state index contributed by atoms with van der Waals surface area (Å²) in [5, 5.41) is 0. The molecule has 3 rings (SSSR count). The Balaban J connectivity index is 1.93. The van der Waals surface area contributed by atoms with Gasteiger partial charge in [-0.2, -0.15) is 4.31 Å². The Morgan fingerprint density at radius 3 is 2.08 bits per heavy atom. The topological polar surface area (TPSA) is 91.8 Å². The lowest BCUT2D eigenvalue weighted by atomic mass is 10.0. The fourth-order valence-electron chi connectivity index (χ4n) is 3.62. The van der Waals surface area contributed by atoms with E-state index in [9.17, 15) is 21.6 Å². The second-order valence-electron chi connectivity index (χ2n) is 6.68. The van der Waals surface area contributed by atoms with E-state index < -0.39 is 26.0 Å². The van der Waals surface area contributed by atoms with Crippen molar-refractivity contribution in [1.29, 1.82) is 0 Å². The van der Waals surface area contributed by atoms with Gasteiger partial charge in [-0.15, -0.1) is 0 Å². The van der Waals surface area contributed by atoms with Crippen LogP contribution in [0.4, 0.5) is 5.69 Å². The number of hydrogen-bond donors (Lipinski definition) is 0. The van der Waals surface area contributed by atoms with Crippen LogP contribution in [0.2, 0.25) is 0 Å². The number of hydrogen-bond acceptors (Lipinski definition) is 5. The third kappa shape index (κ3) is 3.20. The van der Waals surface area contributed by atoms with Gasteiger partial charge in [-0.1, -0.05) is 6.42 Å². The number of anilines is 1. The number of sulfonamides is 2. The zero-order valence-electron chi connectivity index (χ0n) is 14.3. The minimum atomic E-state index is -3.66. The Labute approximate surface area is 148 Å². The molecular weight excluding hydrogens is 364 g/mol. The Kier molecular flexibility index (Phi) is 4.67. The quantitative estimate of drug-likeness (QED) is 0.788. The average molecular weight is 386 g/mol. The molecule has 7 nitrogen and oxygen atoms in total. The highest BCUT2D eigenvalue weighted by atomic mass is 32.2. The van der Waals surface area contributed by atoms with Gasteiger partial charge in [0.15, 0.2) is 0 Å². The van der Waals surface area contributed by atoms with Crippen molar-refractivity contribution in [3.63, 3.8) is 0 Å². The van der Waals surface area contributed by atoms with Gasteiger partial charge in [-0.05, 0) is 51.0 Å². The van der Waals surface area contributed by atoms with Crippen LogP contribution in [0.3, 0.4) is 0 Å². The molecule has 0 bridgehead atoms. The van der Waals surface area contributed by atoms with Crippen LogP contribution in [0, 0.1) is 0 Å². The number of rotatable bonds is 3. The molecule has 9 heteroatoms. The van der Waals surface area contributed by atoms with Crippen molar-refractivity contribution >= 4 is 31.6 Å². The first-order valence-corrected chi connectivity index (χ1v) is 11.4. The molecule has 0 aliphatic carbocycles. The minimum absolute atomic E-state index is 0.0504. The van der Waals surface area contributed by atoms with Crippen LogP contribution in [-0.4, -0.2) is 44.9 Å². The molecule has 2 heterocycles. The minimum Gasteiger partial charge on any atom is -0.273 e. The molecule has 0 saturated carbocycles. The summed E-state index contributed by atoms with van der Waals surface area (Å²) >= 11 is 0. The summed E-state index contributed by atoms with van der Waals surface area (Å²) in [5.41, 5.74) is 0.182. The Morgan fingerprint density at radius 2 is 1.60 bits per heavy atom. The monoisotopic (exact) mass is 386 g/mol. The highest BCUT2D eigenvalue weighted by Gasteiger charge is 2.38. The molecule has 1 amide bonds. The van der Waals surface area contributed by atoms with E-state index in [1.807, 2.05) is 13.8 Å². The number of carbonyl (C=O) groups is 1. The normalized spacial score (nSPS) is 27.6. The summed E-state index contributed by atoms with van der Waals surface area (Å²) in [6.07, 6.45) is 2.60. The van der Waals surface area contributed by atoms with E-state index in [4.69, 9.17) is 0 Å². The maximum absolute atomic E-state index is 13.0. The highest BCUT2D eigenvalue weighted by Crippen LogP contribution is 2.31. The van der Waals surface area contributed by atoms with E-state index in [0.717, 1.165) is 23.6 Å². The molecule has 2 fully saturated rings. The van der Waals surface area contributed by atoms with Gasteiger partial charge in [0, 0.05) is 18.5 Å². The van der Waals surface area contributed by atoms with Crippen molar-refractivity contribution in [2.75, 3.05) is 10.1 Å². The van der Waals surface area contributed by atoms with Crippen LogP contribution < -0.4 is 4.31 Å². The van der Waals surface area contributed by atoms with Crippen LogP contribution in [0.25, 0.3) is 0 Å². The third-order valence-electron chi connectivity index (χ3n) is 4.84. The van der Waals surface area contributed by atoms with Crippen LogP contribution in [0.5, 0.6) is 0 Å². The van der Waals surface area contributed by atoms with Gasteiger partial charge in [-0.3, -0.25) is 4.79 Å². The summed E-state index contributed by atoms with van der Waals surface area (Å²) in [5.74, 6) is -0.705. The molecular formula is C16H22N2O5S2. The fraction of sp³-hybridized carbons (Fsp3) is 0.562. The van der Waals surface area contributed by atoms with E-state index >= 15 is 0 Å². The maximum Gasteiger partial charge on any atom is 0.243 e. The summed E-state index contributed by atoms with van der Waals surface area (Å²) in [7, 11) is -7.31. The Bertz CT molecular complexity index is 868. The zero-order valence-corrected chi connectivity index (χ0v) is 15.9. The second-order valence-corrected chi connectivity index (χ2v) is 10.5. The lowest BCUT2D eigenvalue weighted by Gasteiger charge is -2.37. The molecule has 0 radical (unpaired) electrons. The molecule has 2 aliphatic heterocycles. The molecule has 0 spiro atoms. The molecule has 1 aromatic carbocycles. The van der Waals surface area contributed by atoms with Gasteiger partial charge >= 0.3 is 0 Å². The van der Waals surface area contributed by atoms with Gasteiger partial charge < -0.3 is 0 Å². The van der Waals surface area contributed by atoms with Crippen molar-refractivity contribution in [3.8, 4) is 0 Å². The number of amides is 1. The molecule has 0 N–H and O–H groups in total. The first kappa shape index (κ1) is 18.3. The van der Waals surface area contributed by atoms with Gasteiger partial charge in [-0.25, -0.2) is 21.1 Å². The fourth-order valence-corrected chi connectivity index (χ4v) is 6.96. The number of nitrogens with zero attached hydrogens (tertiary/aromatic N) is 2. The van der Waals surface area contributed by atoms with E-state index in [0.29, 0.717) is 0 Å². The van der Waals surface area contributed by atoms with Crippen LogP contribution in [-0.2, 0) is 24.8 Å². The first-order valence-electron chi connectivity index (χ1n) is 8.34. The van der Waals surface area contributed by atoms with E-state index in [1.165, 1.54) is 28.6 Å². The van der Waals surface area contributed by atoms with E-state index in [1.54, 1.807) is 0 Å².